The SMILES string of the molecule is O=C(c1ccc(Cl)cc1)C(Cl)(Cl)SCl. The van der Waals surface area contributed by atoms with Crippen molar-refractivity contribution in [2.75, 3.05) is 0 Å². The van der Waals surface area contributed by atoms with Crippen molar-refractivity contribution in [3.05, 3.63) is 34.9 Å². The molecule has 0 unspecified atom stereocenters. The van der Waals surface area contributed by atoms with Crippen LogP contribution in [0.2, 0.25) is 5.02 Å². The highest BCUT2D eigenvalue weighted by molar-refractivity contribution is 8.24. The van der Waals surface area contributed by atoms with E-state index in [1.807, 2.05) is 0 Å². The van der Waals surface area contributed by atoms with Gasteiger partial charge in [0.1, 0.15) is 0 Å². The Balaban J connectivity index is 2.96. The quantitative estimate of drug-likeness (QED) is 0.600. The summed E-state index contributed by atoms with van der Waals surface area (Å²) in [6.07, 6.45) is 0. The minimum absolute atomic E-state index is 0.368. The molecule has 0 saturated heterocycles. The van der Waals surface area contributed by atoms with Crippen molar-refractivity contribution >= 4 is 62.2 Å². The summed E-state index contributed by atoms with van der Waals surface area (Å²) in [4.78, 5) is 11.6. The van der Waals surface area contributed by atoms with Gasteiger partial charge in [0.2, 0.25) is 9.45 Å². The number of ketones is 1. The van der Waals surface area contributed by atoms with Gasteiger partial charge in [-0.3, -0.25) is 4.79 Å². The van der Waals surface area contributed by atoms with Crippen molar-refractivity contribution < 1.29 is 4.79 Å². The van der Waals surface area contributed by atoms with Crippen molar-refractivity contribution in [1.29, 1.82) is 0 Å². The summed E-state index contributed by atoms with van der Waals surface area (Å²) in [7, 11) is 5.93. The lowest BCUT2D eigenvalue weighted by molar-refractivity contribution is 0.0999. The number of carbonyl (C=O) groups is 1. The Morgan fingerprint density at radius 3 is 2.14 bits per heavy atom. The molecule has 0 spiro atoms. The maximum Gasteiger partial charge on any atom is 0.239 e. The van der Waals surface area contributed by atoms with Gasteiger partial charge in [-0.15, -0.1) is 0 Å². The summed E-state index contributed by atoms with van der Waals surface area (Å²) in [5, 5.41) is 0.537. The molecule has 0 amide bonds. The predicted molar refractivity (Wildman–Crippen MR) is 63.7 cm³/mol. The lowest BCUT2D eigenvalue weighted by Gasteiger charge is -2.12. The molecule has 1 aromatic carbocycles. The van der Waals surface area contributed by atoms with Crippen molar-refractivity contribution in [1.82, 2.24) is 0 Å². The molecule has 0 N–H and O–H groups in total. The van der Waals surface area contributed by atoms with Crippen LogP contribution >= 0.6 is 56.5 Å². The Morgan fingerprint density at radius 2 is 1.71 bits per heavy atom. The van der Waals surface area contributed by atoms with Gasteiger partial charge < -0.3 is 0 Å². The van der Waals surface area contributed by atoms with E-state index < -0.39 is 9.45 Å². The Bertz CT molecular complexity index is 336. The van der Waals surface area contributed by atoms with Crippen LogP contribution in [0.25, 0.3) is 0 Å². The topological polar surface area (TPSA) is 17.1 Å². The van der Waals surface area contributed by atoms with E-state index in [1.165, 1.54) is 12.1 Å². The van der Waals surface area contributed by atoms with Gasteiger partial charge in [0, 0.05) is 10.6 Å². The first-order valence-electron chi connectivity index (χ1n) is 3.45. The van der Waals surface area contributed by atoms with Gasteiger partial charge in [-0.1, -0.05) is 34.8 Å². The molecule has 0 saturated carbocycles. The monoisotopic (exact) mass is 288 g/mol. The van der Waals surface area contributed by atoms with Crippen LogP contribution in [0, 0.1) is 0 Å². The van der Waals surface area contributed by atoms with E-state index in [2.05, 4.69) is 0 Å². The summed E-state index contributed by atoms with van der Waals surface area (Å²) < 4.78 is -1.66. The van der Waals surface area contributed by atoms with Gasteiger partial charge in [0.25, 0.3) is 0 Å². The summed E-state index contributed by atoms with van der Waals surface area (Å²) in [5.41, 5.74) is 0.368. The molecule has 0 aliphatic rings. The van der Waals surface area contributed by atoms with E-state index in [9.17, 15) is 4.79 Å². The molecule has 0 aliphatic heterocycles. The molecule has 0 fully saturated rings. The Kier molecular flexibility index (Phi) is 4.41. The molecule has 1 aromatic rings. The number of benzene rings is 1. The normalized spacial score (nSPS) is 11.4. The van der Waals surface area contributed by atoms with Gasteiger partial charge in [-0.2, -0.15) is 0 Å². The number of rotatable bonds is 3. The molecular formula is C8H4Cl4OS. The van der Waals surface area contributed by atoms with Gasteiger partial charge in [0.05, 0.1) is 0 Å². The number of carbonyl (C=O) groups excluding carboxylic acids is 1. The first-order chi connectivity index (χ1) is 6.47. The maximum absolute atomic E-state index is 11.6. The van der Waals surface area contributed by atoms with E-state index in [0.29, 0.717) is 21.6 Å². The van der Waals surface area contributed by atoms with E-state index >= 15 is 0 Å². The molecule has 0 bridgehead atoms. The predicted octanol–water partition coefficient (Wildman–Crippen LogP) is 4.54. The fourth-order valence-electron chi connectivity index (χ4n) is 0.804. The molecule has 0 aliphatic carbocycles. The lowest BCUT2D eigenvalue weighted by atomic mass is 10.1. The maximum atomic E-state index is 11.6. The number of hydrogen-bond acceptors (Lipinski definition) is 2. The second-order valence-corrected chi connectivity index (χ2v) is 5.87. The van der Waals surface area contributed by atoms with Crippen LogP contribution in [0.1, 0.15) is 10.4 Å². The fraction of sp³-hybridized carbons (Fsp3) is 0.125. The van der Waals surface area contributed by atoms with Crippen LogP contribution in [0.5, 0.6) is 0 Å². The zero-order valence-corrected chi connectivity index (χ0v) is 10.5. The Morgan fingerprint density at radius 1 is 1.21 bits per heavy atom. The van der Waals surface area contributed by atoms with Crippen LogP contribution in [-0.4, -0.2) is 9.45 Å². The first kappa shape index (κ1) is 12.5. The molecule has 0 heterocycles. The van der Waals surface area contributed by atoms with Gasteiger partial charge in [-0.05, 0) is 45.9 Å². The standard InChI is InChI=1S/C8H4Cl4OS/c9-6-3-1-5(2-4-6)7(13)8(10,11)14-12/h1-4H. The molecule has 76 valence electrons. The molecular weight excluding hydrogens is 286 g/mol. The van der Waals surface area contributed by atoms with Gasteiger partial charge >= 0.3 is 0 Å². The number of halogens is 4. The molecule has 14 heavy (non-hydrogen) atoms. The van der Waals surface area contributed by atoms with Crippen LogP contribution < -0.4 is 0 Å². The van der Waals surface area contributed by atoms with Crippen LogP contribution in [0.3, 0.4) is 0 Å². The molecule has 1 rings (SSSR count). The zero-order chi connectivity index (χ0) is 10.8. The Hall–Kier alpha value is 0.400. The third-order valence-corrected chi connectivity index (χ3v) is 4.07. The third-order valence-electron chi connectivity index (χ3n) is 1.47. The second kappa shape index (κ2) is 4.95. The average molecular weight is 290 g/mol. The Labute approximate surface area is 105 Å². The molecule has 0 radical (unpaired) electrons. The zero-order valence-electron chi connectivity index (χ0n) is 6.64. The van der Waals surface area contributed by atoms with Crippen molar-refractivity contribution in [3.63, 3.8) is 0 Å². The summed E-state index contributed by atoms with van der Waals surface area (Å²) in [6.45, 7) is 0. The minimum Gasteiger partial charge on any atom is -0.290 e. The number of alkyl halides is 2. The highest BCUT2D eigenvalue weighted by Crippen LogP contribution is 2.40. The van der Waals surface area contributed by atoms with Crippen molar-refractivity contribution in [2.24, 2.45) is 0 Å². The smallest absolute Gasteiger partial charge is 0.239 e. The number of hydrogen-bond donors (Lipinski definition) is 0. The molecule has 1 nitrogen and oxygen atoms in total. The third kappa shape index (κ3) is 2.94. The number of Topliss-reactive ketones (excluding diaryl/α,β-unsaturated/α-hetero) is 1. The minimum atomic E-state index is -1.66. The van der Waals surface area contributed by atoms with E-state index in [0.717, 1.165) is 0 Å². The highest BCUT2D eigenvalue weighted by Gasteiger charge is 2.34. The summed E-state index contributed by atoms with van der Waals surface area (Å²) >= 11 is 17.0. The molecule has 0 aromatic heterocycles. The lowest BCUT2D eigenvalue weighted by Crippen LogP contribution is -2.20. The van der Waals surface area contributed by atoms with Crippen LogP contribution in [-0.2, 0) is 0 Å². The van der Waals surface area contributed by atoms with E-state index in [-0.39, 0.29) is 0 Å². The summed E-state index contributed by atoms with van der Waals surface area (Å²) in [6, 6.07) is 6.24. The average Bonchev–Trinajstić information content (AvgIpc) is 2.18. The van der Waals surface area contributed by atoms with E-state index in [1.54, 1.807) is 12.1 Å². The van der Waals surface area contributed by atoms with Gasteiger partial charge in [-0.25, -0.2) is 0 Å². The van der Waals surface area contributed by atoms with Gasteiger partial charge in [0.15, 0.2) is 0 Å². The largest absolute Gasteiger partial charge is 0.290 e. The van der Waals surface area contributed by atoms with Crippen LogP contribution in [0.4, 0.5) is 0 Å². The summed E-state index contributed by atoms with van der Waals surface area (Å²) in [5.74, 6) is -0.461. The van der Waals surface area contributed by atoms with Crippen molar-refractivity contribution in [3.8, 4) is 0 Å². The fourth-order valence-corrected chi connectivity index (χ4v) is 1.55. The molecule has 0 atom stereocenters. The second-order valence-electron chi connectivity index (χ2n) is 2.43. The molecule has 6 heteroatoms. The van der Waals surface area contributed by atoms with E-state index in [4.69, 9.17) is 45.5 Å². The van der Waals surface area contributed by atoms with Crippen LogP contribution in [0.15, 0.2) is 24.3 Å². The van der Waals surface area contributed by atoms with Crippen molar-refractivity contribution in [2.45, 2.75) is 3.67 Å². The first-order valence-corrected chi connectivity index (χ1v) is 6.23. The highest BCUT2D eigenvalue weighted by atomic mass is 35.7.